The van der Waals surface area contributed by atoms with Gasteiger partial charge in [0.25, 0.3) is 0 Å². The number of hydrogen-bond donors (Lipinski definition) is 2. The second-order valence-corrected chi connectivity index (χ2v) is 6.11. The molecule has 1 saturated carbocycles. The summed E-state index contributed by atoms with van der Waals surface area (Å²) in [5.41, 5.74) is 0. The van der Waals surface area contributed by atoms with E-state index in [-0.39, 0.29) is 12.0 Å². The minimum absolute atomic E-state index is 0.243. The largest absolute Gasteiger partial charge is 0.401 e. The Bertz CT molecular complexity index is 274. The second-order valence-electron chi connectivity index (χ2n) is 6.11. The van der Waals surface area contributed by atoms with Gasteiger partial charge in [-0.2, -0.15) is 13.2 Å². The van der Waals surface area contributed by atoms with Crippen molar-refractivity contribution in [1.29, 1.82) is 0 Å². The van der Waals surface area contributed by atoms with Crippen LogP contribution in [0.1, 0.15) is 25.7 Å². The van der Waals surface area contributed by atoms with Crippen molar-refractivity contribution in [2.45, 2.75) is 38.0 Å². The maximum Gasteiger partial charge on any atom is 0.401 e. The smallest absolute Gasteiger partial charge is 0.393 e. The van der Waals surface area contributed by atoms with Crippen LogP contribution in [-0.2, 0) is 0 Å². The fraction of sp³-hybridized carbons (Fsp3) is 1.00. The molecule has 3 nitrogen and oxygen atoms in total. The second kappa shape index (κ2) is 6.41. The van der Waals surface area contributed by atoms with Crippen LogP contribution in [-0.4, -0.2) is 55.0 Å². The number of nitrogens with two attached hydrogens (primary N) is 1. The summed E-state index contributed by atoms with van der Waals surface area (Å²) < 4.78 is 37.8. The molecule has 19 heavy (non-hydrogen) atoms. The third-order valence-electron chi connectivity index (χ3n) is 4.20. The van der Waals surface area contributed by atoms with Crippen LogP contribution in [0, 0.1) is 11.8 Å². The highest BCUT2D eigenvalue weighted by atomic mass is 19.4. The molecule has 0 atom stereocenters. The number of aliphatic hydroxyl groups excluding tert-OH is 1. The van der Waals surface area contributed by atoms with E-state index in [1.54, 1.807) is 4.90 Å². The van der Waals surface area contributed by atoms with Crippen molar-refractivity contribution in [2.24, 2.45) is 11.8 Å². The molecule has 0 aromatic heterocycles. The molecular weight excluding hydrogens is 257 g/mol. The Morgan fingerprint density at radius 3 is 2.16 bits per heavy atom. The molecule has 0 amide bonds. The maximum absolute atomic E-state index is 12.6. The first kappa shape index (κ1) is 15.1. The molecule has 0 spiro atoms. The third kappa shape index (κ3) is 5.28. The highest BCUT2D eigenvalue weighted by Gasteiger charge is 2.35. The summed E-state index contributed by atoms with van der Waals surface area (Å²) in [6.45, 7) is 2.30. The normalized spacial score (nSPS) is 29.5. The molecule has 0 unspecified atom stereocenters. The van der Waals surface area contributed by atoms with E-state index < -0.39 is 12.7 Å². The van der Waals surface area contributed by atoms with Crippen molar-refractivity contribution in [3.05, 3.63) is 0 Å². The number of rotatable bonds is 5. The fourth-order valence-corrected chi connectivity index (χ4v) is 3.22. The summed E-state index contributed by atoms with van der Waals surface area (Å²) in [5, 5.41) is 11.5. The lowest BCUT2D eigenvalue weighted by atomic mass is 9.82. The molecule has 2 rings (SSSR count). The third-order valence-corrected chi connectivity index (χ3v) is 4.20. The first-order valence-electron chi connectivity index (χ1n) is 7.21. The lowest BCUT2D eigenvalue weighted by Crippen LogP contribution is -2.86. The van der Waals surface area contributed by atoms with Gasteiger partial charge >= 0.3 is 6.18 Å². The molecule has 1 saturated heterocycles. The lowest BCUT2D eigenvalue weighted by Gasteiger charge is -2.37. The Morgan fingerprint density at radius 1 is 1.05 bits per heavy atom. The van der Waals surface area contributed by atoms with Gasteiger partial charge in [-0.25, -0.2) is 0 Å². The van der Waals surface area contributed by atoms with E-state index in [1.165, 1.54) is 0 Å². The van der Waals surface area contributed by atoms with Crippen molar-refractivity contribution >= 4 is 0 Å². The molecule has 2 aliphatic rings. The number of nitrogens with zero attached hydrogens (tertiary/aromatic N) is 1. The molecule has 2 fully saturated rings. The van der Waals surface area contributed by atoms with Gasteiger partial charge in [-0.05, 0) is 24.7 Å². The van der Waals surface area contributed by atoms with Crippen LogP contribution in [0.4, 0.5) is 13.2 Å². The predicted octanol–water partition coefficient (Wildman–Crippen LogP) is 0.595. The van der Waals surface area contributed by atoms with E-state index in [1.807, 2.05) is 0 Å². The Hall–Kier alpha value is -0.330. The number of aliphatic hydroxyl groups is 1. The zero-order valence-corrected chi connectivity index (χ0v) is 11.2. The van der Waals surface area contributed by atoms with E-state index in [9.17, 15) is 18.3 Å². The molecule has 1 aliphatic heterocycles. The van der Waals surface area contributed by atoms with Gasteiger partial charge in [-0.1, -0.05) is 0 Å². The first-order chi connectivity index (χ1) is 8.92. The maximum atomic E-state index is 12.6. The molecule has 6 heteroatoms. The van der Waals surface area contributed by atoms with E-state index in [0.717, 1.165) is 25.9 Å². The minimum Gasteiger partial charge on any atom is -0.393 e. The number of quaternary nitrogens is 1. The monoisotopic (exact) mass is 281 g/mol. The summed E-state index contributed by atoms with van der Waals surface area (Å²) >= 11 is 0. The number of alkyl halides is 3. The van der Waals surface area contributed by atoms with E-state index in [2.05, 4.69) is 5.32 Å². The quantitative estimate of drug-likeness (QED) is 0.774. The summed E-state index contributed by atoms with van der Waals surface area (Å²) in [7, 11) is 0. The van der Waals surface area contributed by atoms with Gasteiger partial charge in [0.2, 0.25) is 0 Å². The topological polar surface area (TPSA) is 40.1 Å². The lowest BCUT2D eigenvalue weighted by molar-refractivity contribution is -0.664. The van der Waals surface area contributed by atoms with Crippen molar-refractivity contribution in [1.82, 2.24) is 4.90 Å². The molecule has 0 bridgehead atoms. The van der Waals surface area contributed by atoms with Gasteiger partial charge in [0.05, 0.1) is 25.7 Å². The number of halogens is 3. The fourth-order valence-electron chi connectivity index (χ4n) is 3.22. The van der Waals surface area contributed by atoms with E-state index in [0.29, 0.717) is 31.8 Å². The summed E-state index contributed by atoms with van der Waals surface area (Å²) in [5.74, 6) is 0.643. The van der Waals surface area contributed by atoms with E-state index >= 15 is 0 Å². The van der Waals surface area contributed by atoms with Crippen molar-refractivity contribution in [3.63, 3.8) is 0 Å². The van der Waals surface area contributed by atoms with Crippen LogP contribution in [0.2, 0.25) is 0 Å². The number of piperidine rings is 1. The highest BCUT2D eigenvalue weighted by molar-refractivity contribution is 4.82. The Balaban J connectivity index is 1.81. The van der Waals surface area contributed by atoms with Gasteiger partial charge < -0.3 is 10.4 Å². The van der Waals surface area contributed by atoms with E-state index in [4.69, 9.17) is 0 Å². The molecule has 1 heterocycles. The molecule has 0 radical (unpaired) electrons. The summed E-state index contributed by atoms with van der Waals surface area (Å²) in [6.07, 6.45) is -1.06. The zero-order valence-electron chi connectivity index (χ0n) is 11.2. The predicted molar refractivity (Wildman–Crippen MR) is 65.6 cm³/mol. The molecule has 0 aromatic rings. The van der Waals surface area contributed by atoms with Gasteiger partial charge in [0.15, 0.2) is 0 Å². The van der Waals surface area contributed by atoms with Crippen LogP contribution in [0.5, 0.6) is 0 Å². The molecule has 3 N–H and O–H groups in total. The molecule has 1 aliphatic carbocycles. The van der Waals surface area contributed by atoms with Crippen LogP contribution in [0.25, 0.3) is 0 Å². The molecule has 0 aromatic carbocycles. The highest BCUT2D eigenvalue weighted by Crippen LogP contribution is 2.29. The summed E-state index contributed by atoms with van der Waals surface area (Å²) in [4.78, 5) is 1.56. The van der Waals surface area contributed by atoms with Gasteiger partial charge in [0.1, 0.15) is 0 Å². The average Bonchev–Trinajstić information content (AvgIpc) is 2.26. The van der Waals surface area contributed by atoms with Crippen molar-refractivity contribution < 1.29 is 23.6 Å². The molecular formula is C13H24F3N2O+. The Labute approximate surface area is 112 Å². The Kier molecular flexibility index (Phi) is 5.09. The van der Waals surface area contributed by atoms with Crippen molar-refractivity contribution in [3.8, 4) is 0 Å². The first-order valence-corrected chi connectivity index (χ1v) is 7.21. The van der Waals surface area contributed by atoms with Gasteiger partial charge in [0, 0.05) is 25.9 Å². The van der Waals surface area contributed by atoms with Crippen LogP contribution in [0.3, 0.4) is 0 Å². The van der Waals surface area contributed by atoms with Crippen LogP contribution in [0.15, 0.2) is 0 Å². The van der Waals surface area contributed by atoms with Gasteiger partial charge in [-0.15, -0.1) is 0 Å². The Morgan fingerprint density at radius 2 is 1.63 bits per heavy atom. The SMILES string of the molecule is OC1CC(CN(CC2CC[NH2+]CC2)CC(F)(F)F)C1. The summed E-state index contributed by atoms with van der Waals surface area (Å²) in [6, 6.07) is 0. The van der Waals surface area contributed by atoms with Crippen molar-refractivity contribution in [2.75, 3.05) is 32.7 Å². The number of hydrogen-bond acceptors (Lipinski definition) is 2. The van der Waals surface area contributed by atoms with Gasteiger partial charge in [-0.3, -0.25) is 4.90 Å². The minimum atomic E-state index is -4.12. The average molecular weight is 281 g/mol. The van der Waals surface area contributed by atoms with Crippen LogP contribution >= 0.6 is 0 Å². The van der Waals surface area contributed by atoms with Crippen LogP contribution < -0.4 is 5.32 Å². The standard InChI is InChI=1S/C13H23F3N2O/c14-13(15,16)9-18(8-11-5-12(19)6-11)7-10-1-3-17-4-2-10/h10-12,17,19H,1-9H2/p+1. The zero-order chi connectivity index (χ0) is 13.9. The molecule has 112 valence electrons.